The Morgan fingerprint density at radius 3 is 2.61 bits per heavy atom. The number of hydrogen-bond acceptors (Lipinski definition) is 7. The molecule has 7 nitrogen and oxygen atoms in total. The number of hydrogen-bond donors (Lipinski definition) is 1. The van der Waals surface area contributed by atoms with Crippen LogP contribution in [0.4, 0.5) is 5.00 Å². The molecule has 0 radical (unpaired) electrons. The molecule has 1 N–H and O–H groups in total. The molecule has 1 atom stereocenters. The first-order valence-corrected chi connectivity index (χ1v) is 10.7. The van der Waals surface area contributed by atoms with Crippen LogP contribution >= 0.6 is 11.3 Å². The van der Waals surface area contributed by atoms with Gasteiger partial charge in [-0.15, -0.1) is 11.3 Å². The van der Waals surface area contributed by atoms with Crippen molar-refractivity contribution < 1.29 is 23.9 Å². The van der Waals surface area contributed by atoms with E-state index in [2.05, 4.69) is 5.32 Å². The smallest absolute Gasteiger partial charge is 0.341 e. The highest BCUT2D eigenvalue weighted by Crippen LogP contribution is 2.33. The highest BCUT2D eigenvalue weighted by molar-refractivity contribution is 7.16. The molecule has 8 heteroatoms. The van der Waals surface area contributed by atoms with Crippen LogP contribution in [0.3, 0.4) is 0 Å². The van der Waals surface area contributed by atoms with Gasteiger partial charge in [-0.3, -0.25) is 14.5 Å². The molecule has 0 bridgehead atoms. The van der Waals surface area contributed by atoms with Crippen LogP contribution in [0.15, 0.2) is 6.07 Å². The topological polar surface area (TPSA) is 84.9 Å². The maximum atomic E-state index is 12.6. The van der Waals surface area contributed by atoms with Gasteiger partial charge >= 0.3 is 11.9 Å². The fourth-order valence-corrected chi connectivity index (χ4v) is 4.23. The molecule has 156 valence electrons. The van der Waals surface area contributed by atoms with E-state index >= 15 is 0 Å². The molecule has 1 aromatic heterocycles. The average Bonchev–Trinajstić information content (AvgIpc) is 3.06. The average molecular weight is 411 g/mol. The SMILES string of the molecule is CCOC(=O)c1cc(C(C)C)sc1NC(=O)CN1CCC[C@@H](C(=O)OCC)C1. The maximum Gasteiger partial charge on any atom is 0.341 e. The van der Waals surface area contributed by atoms with Gasteiger partial charge in [-0.2, -0.15) is 0 Å². The van der Waals surface area contributed by atoms with Crippen LogP contribution in [-0.4, -0.2) is 55.6 Å². The third-order valence-corrected chi connectivity index (χ3v) is 5.91. The zero-order valence-corrected chi connectivity index (χ0v) is 17.9. The Labute approximate surface area is 170 Å². The summed E-state index contributed by atoms with van der Waals surface area (Å²) >= 11 is 1.40. The summed E-state index contributed by atoms with van der Waals surface area (Å²) < 4.78 is 10.2. The third kappa shape index (κ3) is 6.04. The van der Waals surface area contributed by atoms with E-state index in [-0.39, 0.29) is 36.9 Å². The molecule has 1 aromatic rings. The van der Waals surface area contributed by atoms with Crippen molar-refractivity contribution in [3.63, 3.8) is 0 Å². The predicted octanol–water partition coefficient (Wildman–Crippen LogP) is 3.26. The van der Waals surface area contributed by atoms with Gasteiger partial charge in [-0.05, 0) is 45.2 Å². The van der Waals surface area contributed by atoms with Crippen LogP contribution in [0.2, 0.25) is 0 Å². The summed E-state index contributed by atoms with van der Waals surface area (Å²) in [7, 11) is 0. The van der Waals surface area contributed by atoms with E-state index in [1.165, 1.54) is 11.3 Å². The van der Waals surface area contributed by atoms with E-state index in [0.717, 1.165) is 24.3 Å². The van der Waals surface area contributed by atoms with Crippen molar-refractivity contribution in [2.24, 2.45) is 5.92 Å². The zero-order chi connectivity index (χ0) is 20.7. The highest BCUT2D eigenvalue weighted by atomic mass is 32.1. The molecule has 1 saturated heterocycles. The van der Waals surface area contributed by atoms with E-state index in [1.54, 1.807) is 19.9 Å². The van der Waals surface area contributed by atoms with Crippen molar-refractivity contribution in [2.75, 3.05) is 38.2 Å². The van der Waals surface area contributed by atoms with Crippen LogP contribution in [0, 0.1) is 5.92 Å². The van der Waals surface area contributed by atoms with Gasteiger partial charge in [-0.25, -0.2) is 4.79 Å². The van der Waals surface area contributed by atoms with Gasteiger partial charge < -0.3 is 14.8 Å². The van der Waals surface area contributed by atoms with Crippen molar-refractivity contribution in [2.45, 2.75) is 46.5 Å². The molecular weight excluding hydrogens is 380 g/mol. The van der Waals surface area contributed by atoms with E-state index in [0.29, 0.717) is 23.7 Å². The van der Waals surface area contributed by atoms with Gasteiger partial charge in [0.2, 0.25) is 5.91 Å². The first-order valence-electron chi connectivity index (χ1n) is 9.85. The van der Waals surface area contributed by atoms with Crippen LogP contribution < -0.4 is 5.32 Å². The van der Waals surface area contributed by atoms with Crippen LogP contribution in [0.1, 0.15) is 61.7 Å². The highest BCUT2D eigenvalue weighted by Gasteiger charge is 2.28. The van der Waals surface area contributed by atoms with Crippen molar-refractivity contribution in [1.82, 2.24) is 4.90 Å². The second kappa shape index (κ2) is 10.6. The van der Waals surface area contributed by atoms with Crippen LogP contribution in [0.5, 0.6) is 0 Å². The second-order valence-corrected chi connectivity index (χ2v) is 8.23. The molecule has 0 unspecified atom stereocenters. The summed E-state index contributed by atoms with van der Waals surface area (Å²) in [5.41, 5.74) is 0.395. The fourth-order valence-electron chi connectivity index (χ4n) is 3.17. The number of nitrogens with zero attached hydrogens (tertiary/aromatic N) is 1. The van der Waals surface area contributed by atoms with Gasteiger partial charge in [0.05, 0.1) is 31.2 Å². The van der Waals surface area contributed by atoms with Gasteiger partial charge in [0.15, 0.2) is 0 Å². The van der Waals surface area contributed by atoms with Crippen molar-refractivity contribution >= 4 is 34.2 Å². The second-order valence-electron chi connectivity index (χ2n) is 7.14. The number of likely N-dealkylation sites (tertiary alicyclic amines) is 1. The van der Waals surface area contributed by atoms with Crippen LogP contribution in [-0.2, 0) is 19.1 Å². The fraction of sp³-hybridized carbons (Fsp3) is 0.650. The summed E-state index contributed by atoms with van der Waals surface area (Å²) in [5.74, 6) is -0.771. The molecule has 28 heavy (non-hydrogen) atoms. The molecule has 0 aromatic carbocycles. The summed E-state index contributed by atoms with van der Waals surface area (Å²) in [6, 6.07) is 1.79. The standard InChI is InChI=1S/C20H30N2O5S/c1-5-26-19(24)14-8-7-9-22(11-14)12-17(23)21-18-15(20(25)27-6-2)10-16(28-18)13(3)4/h10,13-14H,5-9,11-12H2,1-4H3,(H,21,23)/t14-/m1/s1. The monoisotopic (exact) mass is 410 g/mol. The lowest BCUT2D eigenvalue weighted by Crippen LogP contribution is -2.43. The molecule has 0 spiro atoms. The molecule has 1 fully saturated rings. The molecular formula is C20H30N2O5S. The molecule has 1 amide bonds. The molecule has 2 heterocycles. The number of piperidine rings is 1. The number of nitrogens with one attached hydrogen (secondary N) is 1. The number of ether oxygens (including phenoxy) is 2. The molecule has 0 saturated carbocycles. The number of thiophene rings is 1. The zero-order valence-electron chi connectivity index (χ0n) is 17.1. The Morgan fingerprint density at radius 2 is 1.96 bits per heavy atom. The normalized spacial score (nSPS) is 17.4. The largest absolute Gasteiger partial charge is 0.466 e. The molecule has 1 aliphatic rings. The lowest BCUT2D eigenvalue weighted by Gasteiger charge is -2.30. The lowest BCUT2D eigenvalue weighted by molar-refractivity contribution is -0.150. The Kier molecular flexibility index (Phi) is 8.44. The minimum absolute atomic E-state index is 0.174. The first-order chi connectivity index (χ1) is 13.3. The maximum absolute atomic E-state index is 12.6. The van der Waals surface area contributed by atoms with Gasteiger partial charge in [-0.1, -0.05) is 13.8 Å². The number of carbonyl (C=O) groups excluding carboxylic acids is 3. The summed E-state index contributed by atoms with van der Waals surface area (Å²) in [6.07, 6.45) is 1.63. The van der Waals surface area contributed by atoms with Gasteiger partial charge in [0.25, 0.3) is 0 Å². The quantitative estimate of drug-likeness (QED) is 0.662. The summed E-state index contributed by atoms with van der Waals surface area (Å²) in [6.45, 7) is 9.71. The molecule has 2 rings (SSSR count). The van der Waals surface area contributed by atoms with Crippen molar-refractivity contribution in [3.05, 3.63) is 16.5 Å². The van der Waals surface area contributed by atoms with Crippen molar-refractivity contribution in [3.8, 4) is 0 Å². The summed E-state index contributed by atoms with van der Waals surface area (Å²) in [5, 5.41) is 3.38. The minimum atomic E-state index is -0.429. The number of amides is 1. The van der Waals surface area contributed by atoms with Gasteiger partial charge in [0.1, 0.15) is 5.00 Å². The van der Waals surface area contributed by atoms with E-state index in [9.17, 15) is 14.4 Å². The number of rotatable bonds is 8. The van der Waals surface area contributed by atoms with E-state index in [4.69, 9.17) is 9.47 Å². The van der Waals surface area contributed by atoms with Crippen LogP contribution in [0.25, 0.3) is 0 Å². The third-order valence-electron chi connectivity index (χ3n) is 4.56. The Morgan fingerprint density at radius 1 is 1.25 bits per heavy atom. The molecule has 0 aliphatic carbocycles. The van der Waals surface area contributed by atoms with Crippen molar-refractivity contribution in [1.29, 1.82) is 0 Å². The number of anilines is 1. The molecule has 1 aliphatic heterocycles. The lowest BCUT2D eigenvalue weighted by atomic mass is 9.98. The Bertz CT molecular complexity index is 701. The number of esters is 2. The Balaban J connectivity index is 2.02. The predicted molar refractivity (Wildman–Crippen MR) is 109 cm³/mol. The van der Waals surface area contributed by atoms with Gasteiger partial charge in [0, 0.05) is 11.4 Å². The summed E-state index contributed by atoms with van der Waals surface area (Å²) in [4.78, 5) is 39.7. The Hall–Kier alpha value is -1.93. The minimum Gasteiger partial charge on any atom is -0.466 e. The number of carbonyl (C=O) groups is 3. The first kappa shape index (κ1) is 22.4. The van der Waals surface area contributed by atoms with E-state index in [1.807, 2.05) is 18.7 Å². The van der Waals surface area contributed by atoms with E-state index < -0.39 is 5.97 Å².